The summed E-state index contributed by atoms with van der Waals surface area (Å²) in [5, 5.41) is 17.3. The zero-order valence-corrected chi connectivity index (χ0v) is 7.25. The number of rotatable bonds is 0. The monoisotopic (exact) mass is 181 g/mol. The molecule has 0 bridgehead atoms. The first kappa shape index (κ1) is 9.52. The molecule has 0 spiro atoms. The Balaban J connectivity index is 2.48. The van der Waals surface area contributed by atoms with Gasteiger partial charge in [-0.3, -0.25) is 5.41 Å². The Labute approximate surface area is 76.4 Å². The van der Waals surface area contributed by atoms with E-state index in [1.54, 1.807) is 10.9 Å². The summed E-state index contributed by atoms with van der Waals surface area (Å²) in [6, 6.07) is 1.75. The van der Waals surface area contributed by atoms with Crippen LogP contribution in [-0.4, -0.2) is 28.7 Å². The highest BCUT2D eigenvalue weighted by Gasteiger charge is 2.11. The Kier molecular flexibility index (Phi) is 3.26. The van der Waals surface area contributed by atoms with Gasteiger partial charge in [0.1, 0.15) is 4.92 Å². The second-order valence-corrected chi connectivity index (χ2v) is 2.89. The van der Waals surface area contributed by atoms with Gasteiger partial charge in [-0.05, 0) is 19.3 Å². The average molecular weight is 181 g/mol. The summed E-state index contributed by atoms with van der Waals surface area (Å²) in [4.78, 5) is 11.0. The Morgan fingerprint density at radius 3 is 2.54 bits per heavy atom. The van der Waals surface area contributed by atoms with Crippen molar-refractivity contribution in [2.45, 2.75) is 19.3 Å². The van der Waals surface area contributed by atoms with Crippen molar-refractivity contribution in [3.05, 3.63) is 10.1 Å². The molecule has 1 heterocycles. The smallest absolute Gasteiger partial charge is 0.299 e. The van der Waals surface area contributed by atoms with Crippen LogP contribution in [0.25, 0.3) is 0 Å². The minimum atomic E-state index is -0.724. The highest BCUT2D eigenvalue weighted by Crippen LogP contribution is 2.08. The van der Waals surface area contributed by atoms with Crippen LogP contribution < -0.4 is 0 Å². The highest BCUT2D eigenvalue weighted by atomic mass is 16.6. The zero-order valence-electron chi connectivity index (χ0n) is 7.25. The number of piperidine rings is 1. The van der Waals surface area contributed by atoms with E-state index in [4.69, 9.17) is 5.41 Å². The molecule has 1 aliphatic heterocycles. The second-order valence-electron chi connectivity index (χ2n) is 2.89. The van der Waals surface area contributed by atoms with Gasteiger partial charge in [-0.1, -0.05) is 0 Å². The van der Waals surface area contributed by atoms with Gasteiger partial charge in [0.15, 0.2) is 5.84 Å². The van der Waals surface area contributed by atoms with Crippen molar-refractivity contribution in [1.82, 2.24) is 4.90 Å². The molecule has 13 heavy (non-hydrogen) atoms. The van der Waals surface area contributed by atoms with Crippen molar-refractivity contribution < 1.29 is 4.92 Å². The van der Waals surface area contributed by atoms with Crippen LogP contribution in [0.5, 0.6) is 0 Å². The van der Waals surface area contributed by atoms with Crippen molar-refractivity contribution in [3.63, 3.8) is 0 Å². The van der Waals surface area contributed by atoms with E-state index in [0.29, 0.717) is 0 Å². The molecule has 0 saturated carbocycles. The van der Waals surface area contributed by atoms with E-state index in [1.807, 2.05) is 0 Å². The molecule has 70 valence electrons. The normalized spacial score (nSPS) is 15.8. The topological polar surface area (TPSA) is 70.2 Å². The lowest BCUT2D eigenvalue weighted by molar-refractivity contribution is -0.379. The minimum absolute atomic E-state index is 0.0661. The van der Waals surface area contributed by atoms with Gasteiger partial charge in [-0.15, -0.1) is 0 Å². The fourth-order valence-corrected chi connectivity index (χ4v) is 1.30. The van der Waals surface area contributed by atoms with Crippen LogP contribution >= 0.6 is 0 Å². The molecule has 1 fully saturated rings. The molecular formula is C8H11N3O2. The molecule has 0 aromatic carbocycles. The van der Waals surface area contributed by atoms with Crippen LogP contribution in [0.4, 0.5) is 0 Å². The predicted octanol–water partition coefficient (Wildman–Crippen LogP) is 0.687. The average Bonchev–Trinajstić information content (AvgIpc) is 2.15. The second kappa shape index (κ2) is 4.45. The summed E-state index contributed by atoms with van der Waals surface area (Å²) in [6.07, 6.45) is 3.26. The van der Waals surface area contributed by atoms with Gasteiger partial charge in [0.25, 0.3) is 6.04 Å². The largest absolute Gasteiger partial charge is 0.350 e. The lowest BCUT2D eigenvalue weighted by atomic mass is 10.1. The Bertz CT molecular complexity index is 271. The lowest BCUT2D eigenvalue weighted by Gasteiger charge is -2.25. The van der Waals surface area contributed by atoms with Crippen molar-refractivity contribution in [2.75, 3.05) is 13.1 Å². The molecule has 5 nitrogen and oxygen atoms in total. The molecule has 0 aliphatic carbocycles. The number of nitrogens with one attached hydrogen (secondary N) is 1. The molecular weight excluding hydrogens is 170 g/mol. The molecule has 1 saturated heterocycles. The van der Waals surface area contributed by atoms with Crippen molar-refractivity contribution >= 4 is 5.84 Å². The number of hydrogen-bond donors (Lipinski definition) is 1. The third-order valence-corrected chi connectivity index (χ3v) is 1.94. The van der Waals surface area contributed by atoms with Gasteiger partial charge in [0.05, 0.1) is 5.92 Å². The molecule has 0 amide bonds. The van der Waals surface area contributed by atoms with Crippen molar-refractivity contribution in [2.24, 2.45) is 0 Å². The standard InChI is InChI=1S/C8H11N3O2/c9-8(4-7-11(12)13)10-5-2-1-3-6-10/h9H,1-3,5-6H2. The van der Waals surface area contributed by atoms with E-state index < -0.39 is 4.92 Å². The van der Waals surface area contributed by atoms with Gasteiger partial charge in [0, 0.05) is 13.1 Å². The summed E-state index contributed by atoms with van der Waals surface area (Å²) >= 11 is 0. The molecule has 0 aromatic rings. The number of amidine groups is 1. The molecule has 1 N–H and O–H groups in total. The van der Waals surface area contributed by atoms with E-state index in [9.17, 15) is 10.1 Å². The van der Waals surface area contributed by atoms with Crippen LogP contribution in [0.3, 0.4) is 0 Å². The summed E-state index contributed by atoms with van der Waals surface area (Å²) in [7, 11) is 0. The molecule has 0 atom stereocenters. The molecule has 0 unspecified atom stereocenters. The van der Waals surface area contributed by atoms with E-state index in [2.05, 4.69) is 5.92 Å². The molecule has 0 aromatic heterocycles. The first-order valence-corrected chi connectivity index (χ1v) is 4.19. The van der Waals surface area contributed by atoms with Crippen LogP contribution in [0.1, 0.15) is 19.3 Å². The quantitative estimate of drug-likeness (QED) is 0.149. The first-order valence-electron chi connectivity index (χ1n) is 4.19. The van der Waals surface area contributed by atoms with E-state index in [1.165, 1.54) is 6.42 Å². The van der Waals surface area contributed by atoms with Crippen LogP contribution in [0.2, 0.25) is 0 Å². The van der Waals surface area contributed by atoms with Gasteiger partial charge < -0.3 is 4.90 Å². The lowest BCUT2D eigenvalue weighted by Crippen LogP contribution is -2.34. The number of likely N-dealkylation sites (tertiary alicyclic amines) is 1. The van der Waals surface area contributed by atoms with Crippen LogP contribution in [-0.2, 0) is 0 Å². The number of nitro groups is 1. The molecule has 1 aliphatic rings. The Morgan fingerprint density at radius 1 is 1.38 bits per heavy atom. The van der Waals surface area contributed by atoms with E-state index in [0.717, 1.165) is 25.9 Å². The first-order chi connectivity index (χ1) is 6.20. The summed E-state index contributed by atoms with van der Waals surface area (Å²) < 4.78 is 0. The number of hydrogen-bond acceptors (Lipinski definition) is 3. The SMILES string of the molecule is N=C(C#C[N+](=O)[O-])N1CCCCC1. The summed E-state index contributed by atoms with van der Waals surface area (Å²) in [6.45, 7) is 1.59. The fourth-order valence-electron chi connectivity index (χ4n) is 1.30. The van der Waals surface area contributed by atoms with Gasteiger partial charge in [-0.2, -0.15) is 0 Å². The molecule has 1 rings (SSSR count). The van der Waals surface area contributed by atoms with Crippen LogP contribution in [0.15, 0.2) is 0 Å². The third kappa shape index (κ3) is 3.11. The Hall–Kier alpha value is -1.57. The molecule has 5 heteroatoms. The van der Waals surface area contributed by atoms with E-state index in [-0.39, 0.29) is 5.84 Å². The molecule has 0 radical (unpaired) electrons. The Morgan fingerprint density at radius 2 is 2.00 bits per heavy atom. The highest BCUT2D eigenvalue weighted by molar-refractivity contribution is 5.95. The maximum Gasteiger partial charge on any atom is 0.299 e. The maximum atomic E-state index is 9.90. The fraction of sp³-hybridized carbons (Fsp3) is 0.625. The number of nitrogens with zero attached hydrogens (tertiary/aromatic N) is 2. The van der Waals surface area contributed by atoms with Gasteiger partial charge >= 0.3 is 0 Å². The van der Waals surface area contributed by atoms with Crippen molar-refractivity contribution in [3.8, 4) is 12.0 Å². The maximum absolute atomic E-state index is 9.90. The van der Waals surface area contributed by atoms with Gasteiger partial charge in [-0.25, -0.2) is 10.1 Å². The summed E-state index contributed by atoms with van der Waals surface area (Å²) in [5.74, 6) is 2.28. The minimum Gasteiger partial charge on any atom is -0.350 e. The zero-order chi connectivity index (χ0) is 9.68. The predicted molar refractivity (Wildman–Crippen MR) is 47.9 cm³/mol. The summed E-state index contributed by atoms with van der Waals surface area (Å²) in [5.41, 5.74) is 0. The van der Waals surface area contributed by atoms with Crippen LogP contribution in [0, 0.1) is 27.5 Å². The van der Waals surface area contributed by atoms with E-state index >= 15 is 0 Å². The third-order valence-electron chi connectivity index (χ3n) is 1.94. The van der Waals surface area contributed by atoms with Gasteiger partial charge in [0.2, 0.25) is 0 Å². The van der Waals surface area contributed by atoms with Crippen molar-refractivity contribution in [1.29, 1.82) is 5.41 Å².